The summed E-state index contributed by atoms with van der Waals surface area (Å²) in [7, 11) is 0. The molecule has 9 heavy (non-hydrogen) atoms. The summed E-state index contributed by atoms with van der Waals surface area (Å²) in [4.78, 5) is 18.2. The Morgan fingerprint density at radius 1 is 1.00 bits per heavy atom. The van der Waals surface area contributed by atoms with Crippen LogP contribution in [-0.2, 0) is 46.4 Å². The van der Waals surface area contributed by atoms with Crippen molar-refractivity contribution in [3.8, 4) is 0 Å². The van der Waals surface area contributed by atoms with Crippen LogP contribution < -0.4 is 0 Å². The van der Waals surface area contributed by atoms with Crippen molar-refractivity contribution in [3.63, 3.8) is 0 Å². The first-order valence-electron chi connectivity index (χ1n) is 1.25. The zero-order valence-electron chi connectivity index (χ0n) is 3.83. The molecule has 0 spiro atoms. The number of hydrogen-bond acceptors (Lipinski definition) is 3. The molecule has 0 rings (SSSR count). The molecule has 0 unspecified atom stereocenters. The van der Waals surface area contributed by atoms with Crippen LogP contribution in [0.4, 0.5) is 0 Å². The van der Waals surface area contributed by atoms with E-state index in [-0.39, 0.29) is 17.1 Å². The van der Waals surface area contributed by atoms with Gasteiger partial charge in [0, 0.05) is 17.1 Å². The third-order valence-electron chi connectivity index (χ3n) is 0.183. The maximum absolute atomic E-state index is 9.10. The summed E-state index contributed by atoms with van der Waals surface area (Å²) in [5.74, 6) is -3.65. The van der Waals surface area contributed by atoms with Gasteiger partial charge >= 0.3 is 31.7 Å². The Morgan fingerprint density at radius 2 is 1.11 bits per heavy atom. The minimum absolute atomic E-state index is 0. The zero-order valence-corrected chi connectivity index (χ0v) is 6.03. The second-order valence-corrected chi connectivity index (χ2v) is 0.610. The Hall–Kier alpha value is -0.221. The summed E-state index contributed by atoms with van der Waals surface area (Å²) in [5.41, 5.74) is 0. The number of carboxylic acids is 2. The standard InChI is InChI=1S/C2H2O4.2Fe.O/c3-1(4)2(5)6;;;/h(H,3,4)(H,5,6);;;. The van der Waals surface area contributed by atoms with Crippen LogP contribution in [0.3, 0.4) is 0 Å². The number of hydrogen-bond donors (Lipinski definition) is 2. The molecule has 0 saturated heterocycles. The quantitative estimate of drug-likeness (QED) is 0.403. The molecule has 0 heterocycles. The van der Waals surface area contributed by atoms with Gasteiger partial charge in [-0.15, -0.1) is 0 Å². The van der Waals surface area contributed by atoms with E-state index in [0.717, 1.165) is 0 Å². The van der Waals surface area contributed by atoms with E-state index in [0.29, 0.717) is 0 Å². The summed E-state index contributed by atoms with van der Waals surface area (Å²) in [6.45, 7) is 0. The van der Waals surface area contributed by atoms with Crippen molar-refractivity contribution in [3.05, 3.63) is 0 Å². The van der Waals surface area contributed by atoms with E-state index in [1.54, 1.807) is 0 Å². The Bertz CT molecular complexity index is 89.1. The van der Waals surface area contributed by atoms with Crippen LogP contribution in [0.5, 0.6) is 0 Å². The number of carboxylic acid groups (broad SMARTS) is 2. The van der Waals surface area contributed by atoms with Gasteiger partial charge in [-0.3, -0.25) is 0 Å². The molecule has 0 aromatic heterocycles. The van der Waals surface area contributed by atoms with Crippen LogP contribution in [0.1, 0.15) is 0 Å². The minimum atomic E-state index is -1.82. The normalized spacial score (nSPS) is 5.44. The molecule has 0 saturated carbocycles. The fourth-order valence-corrected chi connectivity index (χ4v) is 0. The molecule has 0 atom stereocenters. The van der Waals surface area contributed by atoms with E-state index in [9.17, 15) is 0 Å². The second kappa shape index (κ2) is 10.7. The van der Waals surface area contributed by atoms with E-state index in [2.05, 4.69) is 0 Å². The van der Waals surface area contributed by atoms with Gasteiger partial charge in [0.25, 0.3) is 0 Å². The molecule has 0 fully saturated rings. The molecular weight excluding hydrogens is 216 g/mol. The molecule has 0 radical (unpaired) electrons. The fraction of sp³-hybridized carbons (Fsp3) is 0. The predicted octanol–water partition coefficient (Wildman–Crippen LogP) is -0.968. The number of rotatable bonds is 0. The van der Waals surface area contributed by atoms with E-state index in [4.69, 9.17) is 23.6 Å². The van der Waals surface area contributed by atoms with Crippen molar-refractivity contribution >= 4 is 11.9 Å². The molecule has 0 aliphatic carbocycles. The molecule has 5 nitrogen and oxygen atoms in total. The van der Waals surface area contributed by atoms with Gasteiger partial charge in [-0.05, 0) is 0 Å². The Kier molecular flexibility index (Phi) is 18.9. The van der Waals surface area contributed by atoms with E-state index in [1.807, 2.05) is 15.9 Å². The predicted molar refractivity (Wildman–Crippen MR) is 16.0 cm³/mol. The van der Waals surface area contributed by atoms with Crippen molar-refractivity contribution in [2.24, 2.45) is 0 Å². The first-order valence-corrected chi connectivity index (χ1v) is 1.70. The molecule has 0 bridgehead atoms. The second-order valence-electron chi connectivity index (χ2n) is 0.610. The summed E-state index contributed by atoms with van der Waals surface area (Å²) in [5, 5.41) is 14.8. The SMILES string of the molecule is O=C(O)C(=O)O.[Fe].[O]=[Fe]. The van der Waals surface area contributed by atoms with Gasteiger partial charge in [0.05, 0.1) is 0 Å². The molecule has 0 aromatic carbocycles. The van der Waals surface area contributed by atoms with Crippen LogP contribution in [0.25, 0.3) is 0 Å². The molecule has 56 valence electrons. The van der Waals surface area contributed by atoms with Gasteiger partial charge in [0.15, 0.2) is 0 Å². The summed E-state index contributed by atoms with van der Waals surface area (Å²) in [6, 6.07) is 0. The van der Waals surface area contributed by atoms with Crippen LogP contribution in [0.15, 0.2) is 0 Å². The number of carbonyl (C=O) groups is 2. The van der Waals surface area contributed by atoms with Gasteiger partial charge < -0.3 is 10.2 Å². The zero-order chi connectivity index (χ0) is 7.15. The van der Waals surface area contributed by atoms with Crippen molar-refractivity contribution in [2.45, 2.75) is 0 Å². The monoisotopic (exact) mass is 218 g/mol. The molecule has 2 N–H and O–H groups in total. The third kappa shape index (κ3) is 18.2. The Morgan fingerprint density at radius 3 is 1.11 bits per heavy atom. The van der Waals surface area contributed by atoms with Crippen LogP contribution in [-0.4, -0.2) is 22.2 Å². The topological polar surface area (TPSA) is 91.7 Å². The Labute approximate surface area is 68.9 Å². The van der Waals surface area contributed by atoms with Crippen molar-refractivity contribution < 1.29 is 56.7 Å². The van der Waals surface area contributed by atoms with E-state index >= 15 is 0 Å². The van der Waals surface area contributed by atoms with Crippen molar-refractivity contribution in [1.29, 1.82) is 0 Å². The van der Waals surface area contributed by atoms with Gasteiger partial charge in [-0.1, -0.05) is 0 Å². The molecule has 0 aliphatic heterocycles. The maximum atomic E-state index is 9.10. The van der Waals surface area contributed by atoms with Gasteiger partial charge in [-0.2, -0.15) is 0 Å². The number of aliphatic carboxylic acids is 2. The molecule has 0 aromatic rings. The molecule has 7 heteroatoms. The fourth-order valence-electron chi connectivity index (χ4n) is 0. The van der Waals surface area contributed by atoms with Crippen LogP contribution in [0.2, 0.25) is 0 Å². The van der Waals surface area contributed by atoms with Crippen molar-refractivity contribution in [1.82, 2.24) is 0 Å². The average molecular weight is 218 g/mol. The van der Waals surface area contributed by atoms with Crippen LogP contribution >= 0.6 is 0 Å². The summed E-state index contributed by atoms with van der Waals surface area (Å²) >= 11 is 2.00. The van der Waals surface area contributed by atoms with Gasteiger partial charge in [-0.25, -0.2) is 9.59 Å². The summed E-state index contributed by atoms with van der Waals surface area (Å²) in [6.07, 6.45) is 0. The first-order chi connectivity index (χ1) is 3.64. The summed E-state index contributed by atoms with van der Waals surface area (Å²) < 4.78 is 8.00. The molecule has 0 aliphatic rings. The first kappa shape index (κ1) is 15.9. The third-order valence-corrected chi connectivity index (χ3v) is 0.183. The Balaban J connectivity index is -0.000000109. The average Bonchev–Trinajstić information content (AvgIpc) is 1.72. The van der Waals surface area contributed by atoms with E-state index < -0.39 is 11.9 Å². The van der Waals surface area contributed by atoms with E-state index in [1.165, 1.54) is 0 Å². The van der Waals surface area contributed by atoms with Gasteiger partial charge in [0.2, 0.25) is 0 Å². The van der Waals surface area contributed by atoms with Crippen molar-refractivity contribution in [2.75, 3.05) is 0 Å². The van der Waals surface area contributed by atoms with Gasteiger partial charge in [0.1, 0.15) is 0 Å². The molecule has 0 amide bonds. The van der Waals surface area contributed by atoms with Crippen LogP contribution in [0, 0.1) is 0 Å². The molecular formula is C2H2Fe2O5.